The van der Waals surface area contributed by atoms with Gasteiger partial charge in [-0.05, 0) is 100.0 Å². The topological polar surface area (TPSA) is 106 Å². The van der Waals surface area contributed by atoms with Crippen molar-refractivity contribution >= 4 is 45.3 Å². The predicted molar refractivity (Wildman–Crippen MR) is 180 cm³/mol. The van der Waals surface area contributed by atoms with Gasteiger partial charge in [-0.15, -0.1) is 0 Å². The number of rotatable bonds is 12. The number of carbonyl (C=O) groups excluding carboxylic acids is 2. The van der Waals surface area contributed by atoms with Crippen LogP contribution in [0.15, 0.2) is 111 Å². The van der Waals surface area contributed by atoms with Crippen LogP contribution in [0.3, 0.4) is 0 Å². The Hall–Kier alpha value is -4.64. The number of anilines is 1. The van der Waals surface area contributed by atoms with Gasteiger partial charge in [-0.2, -0.15) is 4.31 Å². The first-order valence-corrected chi connectivity index (χ1v) is 16.9. The molecular formula is C36H35ClN2O7S. The van der Waals surface area contributed by atoms with Gasteiger partial charge >= 0.3 is 5.97 Å². The molecule has 1 amide bonds. The maximum atomic E-state index is 13.8. The molecule has 0 aliphatic carbocycles. The van der Waals surface area contributed by atoms with Crippen molar-refractivity contribution in [2.45, 2.75) is 45.7 Å². The smallest absolute Gasteiger partial charge is 0.340 e. The highest BCUT2D eigenvalue weighted by Gasteiger charge is 2.38. The summed E-state index contributed by atoms with van der Waals surface area (Å²) in [6.07, 6.45) is 1.48. The molecule has 0 saturated carbocycles. The number of allylic oxidation sites excluding steroid dienone is 1. The molecule has 1 aliphatic rings. The van der Waals surface area contributed by atoms with Crippen molar-refractivity contribution in [2.75, 3.05) is 18.1 Å². The van der Waals surface area contributed by atoms with E-state index in [1.165, 1.54) is 39.5 Å². The first kappa shape index (κ1) is 33.7. The number of hydrogen-bond donors (Lipinski definition) is 0. The van der Waals surface area contributed by atoms with Gasteiger partial charge in [0.25, 0.3) is 5.91 Å². The van der Waals surface area contributed by atoms with Crippen LogP contribution in [0.5, 0.6) is 5.75 Å². The number of nitrogens with zero attached hydrogens (tertiary/aromatic N) is 2. The third-order valence-corrected chi connectivity index (χ3v) is 9.58. The summed E-state index contributed by atoms with van der Waals surface area (Å²) in [5, 5.41) is 0.423. The molecule has 244 valence electrons. The molecule has 2 heterocycles. The van der Waals surface area contributed by atoms with Crippen LogP contribution in [0.2, 0.25) is 5.02 Å². The summed E-state index contributed by atoms with van der Waals surface area (Å²) in [6.45, 7) is 7.85. The number of furan rings is 1. The van der Waals surface area contributed by atoms with Crippen molar-refractivity contribution in [1.29, 1.82) is 0 Å². The molecule has 3 aromatic carbocycles. The van der Waals surface area contributed by atoms with Gasteiger partial charge in [0.05, 0.1) is 35.8 Å². The minimum absolute atomic E-state index is 0.0894. The number of aryl methyl sites for hydroxylation is 1. The van der Waals surface area contributed by atoms with Crippen LogP contribution in [0.25, 0.3) is 6.08 Å². The molecule has 0 fully saturated rings. The number of carbonyl (C=O) groups is 2. The number of sulfonamides is 1. The Balaban J connectivity index is 1.47. The number of benzene rings is 3. The average Bonchev–Trinajstić information content (AvgIpc) is 3.59. The molecule has 0 saturated heterocycles. The fourth-order valence-corrected chi connectivity index (χ4v) is 6.72. The summed E-state index contributed by atoms with van der Waals surface area (Å²) < 4.78 is 45.8. The Bertz CT molecular complexity index is 1930. The molecule has 47 heavy (non-hydrogen) atoms. The second-order valence-electron chi connectivity index (χ2n) is 10.8. The van der Waals surface area contributed by atoms with E-state index in [0.29, 0.717) is 34.5 Å². The van der Waals surface area contributed by atoms with E-state index in [4.69, 9.17) is 25.5 Å². The van der Waals surface area contributed by atoms with Gasteiger partial charge in [0.15, 0.2) is 0 Å². The van der Waals surface area contributed by atoms with E-state index in [0.717, 1.165) is 11.1 Å². The minimum Gasteiger partial charge on any atom is -0.494 e. The first-order valence-electron chi connectivity index (χ1n) is 15.1. The first-order chi connectivity index (χ1) is 22.5. The van der Waals surface area contributed by atoms with E-state index in [-0.39, 0.29) is 41.5 Å². The highest BCUT2D eigenvalue weighted by Crippen LogP contribution is 2.36. The number of amides is 1. The predicted octanol–water partition coefficient (Wildman–Crippen LogP) is 7.30. The molecule has 0 unspecified atom stereocenters. The van der Waals surface area contributed by atoms with Crippen LogP contribution in [-0.2, 0) is 37.4 Å². The SMILES string of the molecule is CCOC(=O)C1=C(C)N(c2ccc(OCC)cc2)C(=O)/C1=C/c1ccc(CN(Cc2ccc(C)cc2)S(=O)(=O)c2ccc(Cl)cc2)o1. The fourth-order valence-electron chi connectivity index (χ4n) is 5.20. The Morgan fingerprint density at radius 1 is 0.894 bits per heavy atom. The van der Waals surface area contributed by atoms with Crippen LogP contribution in [0, 0.1) is 6.92 Å². The van der Waals surface area contributed by atoms with E-state index in [1.807, 2.05) is 38.1 Å². The largest absolute Gasteiger partial charge is 0.494 e. The molecule has 1 aromatic heterocycles. The third kappa shape index (κ3) is 7.51. The fraction of sp³-hybridized carbons (Fsp3) is 0.222. The molecule has 0 N–H and O–H groups in total. The number of hydrogen-bond acceptors (Lipinski definition) is 7. The number of esters is 1. The maximum absolute atomic E-state index is 13.8. The van der Waals surface area contributed by atoms with Crippen molar-refractivity contribution in [3.8, 4) is 5.75 Å². The van der Waals surface area contributed by atoms with Crippen molar-refractivity contribution < 1.29 is 31.9 Å². The van der Waals surface area contributed by atoms with Gasteiger partial charge in [0.1, 0.15) is 17.3 Å². The molecule has 4 aromatic rings. The zero-order chi connectivity index (χ0) is 33.7. The molecular weight excluding hydrogens is 640 g/mol. The highest BCUT2D eigenvalue weighted by molar-refractivity contribution is 7.89. The van der Waals surface area contributed by atoms with Crippen molar-refractivity contribution in [2.24, 2.45) is 0 Å². The Morgan fingerprint density at radius 2 is 1.57 bits per heavy atom. The number of ether oxygens (including phenoxy) is 2. The summed E-state index contributed by atoms with van der Waals surface area (Å²) in [5.74, 6) is 0.199. The Morgan fingerprint density at radius 3 is 2.21 bits per heavy atom. The highest BCUT2D eigenvalue weighted by atomic mass is 35.5. The Labute approximate surface area is 279 Å². The van der Waals surface area contributed by atoms with E-state index in [1.54, 1.807) is 50.2 Å². The Kier molecular flexibility index (Phi) is 10.3. The quantitative estimate of drug-likeness (QED) is 0.115. The molecule has 0 spiro atoms. The van der Waals surface area contributed by atoms with E-state index < -0.39 is 21.9 Å². The van der Waals surface area contributed by atoms with Gasteiger partial charge < -0.3 is 13.9 Å². The second kappa shape index (κ2) is 14.4. The molecule has 1 aliphatic heterocycles. The van der Waals surface area contributed by atoms with Gasteiger partial charge in [0.2, 0.25) is 10.0 Å². The molecule has 5 rings (SSSR count). The van der Waals surface area contributed by atoms with Gasteiger partial charge in [-0.1, -0.05) is 41.4 Å². The zero-order valence-corrected chi connectivity index (χ0v) is 28.1. The van der Waals surface area contributed by atoms with Crippen LogP contribution in [-0.4, -0.2) is 37.8 Å². The normalized spacial score (nSPS) is 14.4. The van der Waals surface area contributed by atoms with Crippen molar-refractivity contribution in [3.05, 3.63) is 129 Å². The molecule has 0 atom stereocenters. The zero-order valence-electron chi connectivity index (χ0n) is 26.5. The second-order valence-corrected chi connectivity index (χ2v) is 13.2. The maximum Gasteiger partial charge on any atom is 0.340 e. The van der Waals surface area contributed by atoms with Crippen LogP contribution in [0.4, 0.5) is 5.69 Å². The monoisotopic (exact) mass is 674 g/mol. The summed E-state index contributed by atoms with van der Waals surface area (Å²) in [5.41, 5.74) is 3.04. The lowest BCUT2D eigenvalue weighted by atomic mass is 10.1. The molecule has 0 bridgehead atoms. The lowest BCUT2D eigenvalue weighted by Crippen LogP contribution is -2.30. The van der Waals surface area contributed by atoms with Gasteiger partial charge in [-0.3, -0.25) is 9.69 Å². The average molecular weight is 675 g/mol. The van der Waals surface area contributed by atoms with Crippen LogP contribution in [0.1, 0.15) is 43.4 Å². The van der Waals surface area contributed by atoms with Crippen LogP contribution >= 0.6 is 11.6 Å². The number of halogens is 1. The minimum atomic E-state index is -3.96. The lowest BCUT2D eigenvalue weighted by molar-refractivity contribution is -0.138. The summed E-state index contributed by atoms with van der Waals surface area (Å²) in [6, 6.07) is 23.9. The van der Waals surface area contributed by atoms with E-state index >= 15 is 0 Å². The lowest BCUT2D eigenvalue weighted by Gasteiger charge is -2.21. The summed E-state index contributed by atoms with van der Waals surface area (Å²) in [7, 11) is -3.96. The van der Waals surface area contributed by atoms with E-state index in [2.05, 4.69) is 0 Å². The molecule has 11 heteroatoms. The third-order valence-electron chi connectivity index (χ3n) is 7.52. The summed E-state index contributed by atoms with van der Waals surface area (Å²) >= 11 is 6.02. The van der Waals surface area contributed by atoms with Crippen molar-refractivity contribution in [3.63, 3.8) is 0 Å². The molecule has 0 radical (unpaired) electrons. The standard InChI is InChI=1S/C36H35ClN2O7S/c1-5-44-29-15-13-28(14-16-29)39-25(4)34(36(41)45-6-2)33(35(39)40)21-30-17-18-31(46-30)23-38(22-26-9-7-24(3)8-10-26)47(42,43)32-19-11-27(37)12-20-32/h7-21H,5-6,22-23H2,1-4H3/b33-21+. The van der Waals surface area contributed by atoms with Crippen molar-refractivity contribution in [1.82, 2.24) is 4.31 Å². The van der Waals surface area contributed by atoms with Gasteiger partial charge in [0, 0.05) is 23.0 Å². The van der Waals surface area contributed by atoms with E-state index in [9.17, 15) is 18.0 Å². The summed E-state index contributed by atoms with van der Waals surface area (Å²) in [4.78, 5) is 28.4. The van der Waals surface area contributed by atoms with Crippen LogP contribution < -0.4 is 9.64 Å². The molecule has 9 nitrogen and oxygen atoms in total. The van der Waals surface area contributed by atoms with Gasteiger partial charge in [-0.25, -0.2) is 13.2 Å².